The lowest BCUT2D eigenvalue weighted by atomic mass is 10.1. The quantitative estimate of drug-likeness (QED) is 0.120. The number of aromatic nitrogens is 6. The van der Waals surface area contributed by atoms with Crippen LogP contribution in [0.2, 0.25) is 0 Å². The number of ether oxygens (including phenoxy) is 1. The summed E-state index contributed by atoms with van der Waals surface area (Å²) in [5.41, 5.74) is 10.5. The van der Waals surface area contributed by atoms with Crippen molar-refractivity contribution >= 4 is 23.0 Å². The summed E-state index contributed by atoms with van der Waals surface area (Å²) in [6.07, 6.45) is 3.18. The number of aromatic amines is 1. The third-order valence-corrected chi connectivity index (χ3v) is 6.46. The minimum atomic E-state index is -0.476. The van der Waals surface area contributed by atoms with E-state index in [4.69, 9.17) is 25.8 Å². The number of nitrogens with two attached hydrogens (primary N) is 1. The molecule has 200 valence electrons. The van der Waals surface area contributed by atoms with Crippen LogP contribution in [0.25, 0.3) is 33.8 Å². The summed E-state index contributed by atoms with van der Waals surface area (Å²) in [6.45, 7) is 5.43. The summed E-state index contributed by atoms with van der Waals surface area (Å²) in [4.78, 5) is 22.7. The van der Waals surface area contributed by atoms with Gasteiger partial charge in [-0.1, -0.05) is 29.4 Å². The fourth-order valence-electron chi connectivity index (χ4n) is 4.37. The smallest absolute Gasteiger partial charge is 0.409 e. The maximum Gasteiger partial charge on any atom is 0.415 e. The van der Waals surface area contributed by atoms with Crippen LogP contribution in [-0.4, -0.2) is 64.7 Å². The van der Waals surface area contributed by atoms with Gasteiger partial charge in [0.1, 0.15) is 11.4 Å². The van der Waals surface area contributed by atoms with E-state index in [-0.39, 0.29) is 5.84 Å². The van der Waals surface area contributed by atoms with Crippen LogP contribution in [0.4, 0.5) is 4.79 Å². The van der Waals surface area contributed by atoms with Crippen LogP contribution in [0, 0.1) is 0 Å². The Balaban J connectivity index is 1.58. The third kappa shape index (κ3) is 5.04. The number of H-pyrrole nitrogens is 1. The van der Waals surface area contributed by atoms with Crippen molar-refractivity contribution in [1.29, 1.82) is 0 Å². The second kappa shape index (κ2) is 10.7. The first-order valence-corrected chi connectivity index (χ1v) is 12.5. The fraction of sp³-hybridized carbons (Fsp3) is 0.222. The number of carbonyl (C=O) groups is 1. The SMILES string of the molecule is CCN(CC)C(=O)Oc1c(-c2ccc(Cn3cccn3)cc2)nn(C)c1-c1nc2cc(/C(N)=N\O)ccc2[nH]1. The predicted molar refractivity (Wildman–Crippen MR) is 147 cm³/mol. The maximum atomic E-state index is 13.1. The molecular weight excluding hydrogens is 498 g/mol. The van der Waals surface area contributed by atoms with Crippen molar-refractivity contribution in [2.45, 2.75) is 20.4 Å². The summed E-state index contributed by atoms with van der Waals surface area (Å²) < 4.78 is 9.48. The van der Waals surface area contributed by atoms with E-state index in [1.54, 1.807) is 41.0 Å². The number of amides is 1. The fourth-order valence-corrected chi connectivity index (χ4v) is 4.37. The zero-order valence-electron chi connectivity index (χ0n) is 21.9. The highest BCUT2D eigenvalue weighted by Gasteiger charge is 2.27. The molecule has 0 saturated heterocycles. The van der Waals surface area contributed by atoms with Gasteiger partial charge in [0.25, 0.3) is 0 Å². The second-order valence-corrected chi connectivity index (χ2v) is 8.89. The Kier molecular flexibility index (Phi) is 7.00. The van der Waals surface area contributed by atoms with Crippen molar-refractivity contribution in [3.8, 4) is 28.5 Å². The average Bonchev–Trinajstić information content (AvgIpc) is 3.68. The van der Waals surface area contributed by atoms with Crippen molar-refractivity contribution in [2.24, 2.45) is 17.9 Å². The van der Waals surface area contributed by atoms with Gasteiger partial charge in [-0.25, -0.2) is 9.78 Å². The van der Waals surface area contributed by atoms with Crippen LogP contribution in [0.3, 0.4) is 0 Å². The van der Waals surface area contributed by atoms with Crippen LogP contribution < -0.4 is 10.5 Å². The van der Waals surface area contributed by atoms with E-state index in [1.807, 2.05) is 55.1 Å². The van der Waals surface area contributed by atoms with Crippen LogP contribution in [-0.2, 0) is 13.6 Å². The molecule has 12 nitrogen and oxygen atoms in total. The van der Waals surface area contributed by atoms with Crippen molar-refractivity contribution in [3.05, 3.63) is 72.1 Å². The average molecular weight is 528 g/mol. The van der Waals surface area contributed by atoms with E-state index in [0.717, 1.165) is 16.6 Å². The lowest BCUT2D eigenvalue weighted by Crippen LogP contribution is -2.33. The van der Waals surface area contributed by atoms with E-state index in [2.05, 4.69) is 15.2 Å². The minimum absolute atomic E-state index is 0.0193. The number of imidazole rings is 1. The molecule has 0 fully saturated rings. The minimum Gasteiger partial charge on any atom is -0.409 e. The summed E-state index contributed by atoms with van der Waals surface area (Å²) in [7, 11) is 1.77. The Labute approximate surface area is 224 Å². The Hall–Kier alpha value is -5.13. The van der Waals surface area contributed by atoms with E-state index < -0.39 is 6.09 Å². The van der Waals surface area contributed by atoms with Gasteiger partial charge in [0.2, 0.25) is 0 Å². The van der Waals surface area contributed by atoms with E-state index in [0.29, 0.717) is 53.7 Å². The number of hydrogen-bond acceptors (Lipinski definition) is 7. The number of aryl methyl sites for hydroxylation is 1. The van der Waals surface area contributed by atoms with Gasteiger partial charge < -0.3 is 25.6 Å². The second-order valence-electron chi connectivity index (χ2n) is 8.89. The standard InChI is InChI=1S/C27H29N9O3/c1-4-35(5-2)27(37)39-24-22(18-9-7-17(8-10-18)16-36-14-6-13-29-36)32-34(3)23(24)26-30-20-12-11-19(25(28)33-38)15-21(20)31-26/h6-15,38H,4-5,16H2,1-3H3,(H2,28,33)(H,30,31). The number of hydrogen-bond donors (Lipinski definition) is 3. The molecule has 39 heavy (non-hydrogen) atoms. The molecule has 0 aliphatic carbocycles. The molecule has 0 bridgehead atoms. The summed E-state index contributed by atoms with van der Waals surface area (Å²) in [6, 6.07) is 15.0. The van der Waals surface area contributed by atoms with Gasteiger partial charge in [-0.15, -0.1) is 0 Å². The zero-order chi connectivity index (χ0) is 27.5. The monoisotopic (exact) mass is 527 g/mol. The molecule has 0 saturated carbocycles. The molecule has 0 aliphatic heterocycles. The zero-order valence-corrected chi connectivity index (χ0v) is 21.9. The molecule has 3 heterocycles. The van der Waals surface area contributed by atoms with Gasteiger partial charge in [0.05, 0.1) is 17.6 Å². The highest BCUT2D eigenvalue weighted by atomic mass is 16.6. The Bertz CT molecular complexity index is 1630. The van der Waals surface area contributed by atoms with Crippen molar-refractivity contribution in [2.75, 3.05) is 13.1 Å². The number of nitrogens with zero attached hydrogens (tertiary/aromatic N) is 7. The lowest BCUT2D eigenvalue weighted by molar-refractivity contribution is 0.157. The van der Waals surface area contributed by atoms with Gasteiger partial charge in [-0.2, -0.15) is 10.2 Å². The first-order chi connectivity index (χ1) is 18.9. The largest absolute Gasteiger partial charge is 0.415 e. The molecule has 0 aliphatic rings. The molecule has 0 radical (unpaired) electrons. The predicted octanol–water partition coefficient (Wildman–Crippen LogP) is 3.81. The maximum absolute atomic E-state index is 13.1. The number of benzene rings is 2. The number of oxime groups is 1. The molecule has 1 amide bonds. The topological polar surface area (TPSA) is 152 Å². The van der Waals surface area contributed by atoms with Crippen LogP contribution >= 0.6 is 0 Å². The van der Waals surface area contributed by atoms with Crippen LogP contribution in [0.15, 0.2) is 66.1 Å². The lowest BCUT2D eigenvalue weighted by Gasteiger charge is -2.18. The number of fused-ring (bicyclic) bond motifs is 1. The van der Waals surface area contributed by atoms with Gasteiger partial charge in [-0.3, -0.25) is 9.36 Å². The third-order valence-electron chi connectivity index (χ3n) is 6.46. The Morgan fingerprint density at radius 2 is 1.95 bits per heavy atom. The van der Waals surface area contributed by atoms with Gasteiger partial charge >= 0.3 is 6.09 Å². The van der Waals surface area contributed by atoms with E-state index in [9.17, 15) is 4.79 Å². The Morgan fingerprint density at radius 3 is 2.62 bits per heavy atom. The van der Waals surface area contributed by atoms with Crippen molar-refractivity contribution in [1.82, 2.24) is 34.4 Å². The normalized spacial score (nSPS) is 11.7. The van der Waals surface area contributed by atoms with Crippen molar-refractivity contribution < 1.29 is 14.7 Å². The molecule has 4 N–H and O–H groups in total. The van der Waals surface area contributed by atoms with Gasteiger partial charge in [0, 0.05) is 43.7 Å². The molecule has 5 rings (SSSR count). The molecule has 0 spiro atoms. The molecule has 3 aromatic heterocycles. The highest BCUT2D eigenvalue weighted by molar-refractivity contribution is 6.00. The number of carbonyl (C=O) groups excluding carboxylic acids is 1. The highest BCUT2D eigenvalue weighted by Crippen LogP contribution is 2.38. The first-order valence-electron chi connectivity index (χ1n) is 12.5. The number of amidine groups is 1. The number of nitrogens with one attached hydrogen (secondary N) is 1. The Morgan fingerprint density at radius 1 is 1.18 bits per heavy atom. The molecule has 12 heteroatoms. The first kappa shape index (κ1) is 25.5. The van der Waals surface area contributed by atoms with Gasteiger partial charge in [0.15, 0.2) is 17.4 Å². The van der Waals surface area contributed by atoms with Crippen molar-refractivity contribution in [3.63, 3.8) is 0 Å². The number of rotatable bonds is 8. The summed E-state index contributed by atoms with van der Waals surface area (Å²) in [5.74, 6) is 0.736. The van der Waals surface area contributed by atoms with E-state index in [1.165, 1.54) is 0 Å². The molecule has 2 aromatic carbocycles. The molecular formula is C27H29N9O3. The van der Waals surface area contributed by atoms with Crippen LogP contribution in [0.5, 0.6) is 5.75 Å². The van der Waals surface area contributed by atoms with E-state index >= 15 is 0 Å². The summed E-state index contributed by atoms with van der Waals surface area (Å²) >= 11 is 0. The van der Waals surface area contributed by atoms with Gasteiger partial charge in [-0.05, 0) is 43.7 Å². The molecule has 0 atom stereocenters. The molecule has 0 unspecified atom stereocenters. The summed E-state index contributed by atoms with van der Waals surface area (Å²) in [5, 5.41) is 21.1. The molecule has 5 aromatic rings. The van der Waals surface area contributed by atoms with Crippen LogP contribution in [0.1, 0.15) is 25.0 Å².